The average molecular weight is 437 g/mol. The Morgan fingerprint density at radius 3 is 1.93 bits per heavy atom. The van der Waals surface area contributed by atoms with E-state index in [1.165, 1.54) is 44.9 Å². The van der Waals surface area contributed by atoms with Gasteiger partial charge in [0.2, 0.25) is 0 Å². The minimum atomic E-state index is -4.62. The summed E-state index contributed by atoms with van der Waals surface area (Å²) in [5, 5.41) is 9.04. The highest BCUT2D eigenvalue weighted by Gasteiger charge is 2.17. The first-order valence-corrected chi connectivity index (χ1v) is 12.3. The van der Waals surface area contributed by atoms with Crippen LogP contribution in [0.5, 0.6) is 0 Å². The Hall–Kier alpha value is -0.960. The second-order valence-electron chi connectivity index (χ2n) is 7.34. The van der Waals surface area contributed by atoms with E-state index in [-0.39, 0.29) is 6.42 Å². The third-order valence-electron chi connectivity index (χ3n) is 4.55. The Kier molecular flexibility index (Phi) is 18.4. The topological polar surface area (TPSA) is 110 Å². The number of hydrogen-bond acceptors (Lipinski definition) is 6. The van der Waals surface area contributed by atoms with Crippen molar-refractivity contribution in [3.8, 4) is 0 Å². The van der Waals surface area contributed by atoms with E-state index in [2.05, 4.69) is 23.3 Å². The van der Waals surface area contributed by atoms with Gasteiger partial charge in [0.15, 0.2) is 0 Å². The lowest BCUT2D eigenvalue weighted by atomic mass is 10.1. The van der Waals surface area contributed by atoms with Gasteiger partial charge in [-0.1, -0.05) is 70.4 Å². The lowest BCUT2D eigenvalue weighted by Crippen LogP contribution is -2.28. The molecule has 0 aliphatic heterocycles. The van der Waals surface area contributed by atoms with Crippen LogP contribution in [-0.4, -0.2) is 43.4 Å². The fraction of sp³-hybridized carbons (Fsp3) is 0.857. The standard InChI is InChI=1S/C21H40O7S/c1-2-3-4-5-6-7-8-9-10-11-12-13-14-15-16-17-21(23)28-20(18-22)19-27-29(24,25)26/h9-10,20,22H,2-8,11-19H2,1H3,(H,24,25,26)/b10-9-. The zero-order valence-electron chi connectivity index (χ0n) is 17.9. The van der Waals surface area contributed by atoms with E-state index in [9.17, 15) is 13.2 Å². The summed E-state index contributed by atoms with van der Waals surface area (Å²) < 4.78 is 38.4. The minimum absolute atomic E-state index is 0.209. The third-order valence-corrected chi connectivity index (χ3v) is 4.98. The van der Waals surface area contributed by atoms with Crippen LogP contribution >= 0.6 is 0 Å². The van der Waals surface area contributed by atoms with Crippen LogP contribution in [0.4, 0.5) is 0 Å². The zero-order chi connectivity index (χ0) is 21.8. The van der Waals surface area contributed by atoms with Crippen molar-refractivity contribution >= 4 is 16.4 Å². The first-order chi connectivity index (χ1) is 13.9. The molecule has 2 N–H and O–H groups in total. The number of aliphatic hydroxyl groups excluding tert-OH is 1. The second-order valence-corrected chi connectivity index (χ2v) is 8.43. The first-order valence-electron chi connectivity index (χ1n) is 11.0. The molecule has 0 aliphatic rings. The Bertz CT molecular complexity index is 517. The molecule has 29 heavy (non-hydrogen) atoms. The average Bonchev–Trinajstić information content (AvgIpc) is 2.67. The van der Waals surface area contributed by atoms with Crippen LogP contribution in [-0.2, 0) is 24.1 Å². The quantitative estimate of drug-likeness (QED) is 0.123. The van der Waals surface area contributed by atoms with Crippen LogP contribution in [0.25, 0.3) is 0 Å². The van der Waals surface area contributed by atoms with Crippen LogP contribution in [0, 0.1) is 0 Å². The van der Waals surface area contributed by atoms with Gasteiger partial charge in [-0.15, -0.1) is 0 Å². The molecule has 7 nitrogen and oxygen atoms in total. The SMILES string of the molecule is CCCCCCCC/C=C\CCCCCCCC(=O)OC(CO)COS(=O)(=O)O. The summed E-state index contributed by atoms with van der Waals surface area (Å²) in [5.41, 5.74) is 0. The third kappa shape index (κ3) is 21.6. The van der Waals surface area contributed by atoms with Gasteiger partial charge >= 0.3 is 16.4 Å². The van der Waals surface area contributed by atoms with Gasteiger partial charge in [-0.05, 0) is 32.1 Å². The highest BCUT2D eigenvalue weighted by atomic mass is 32.3. The van der Waals surface area contributed by atoms with Crippen LogP contribution < -0.4 is 0 Å². The Balaban J connectivity index is 3.50. The van der Waals surface area contributed by atoms with E-state index in [1.807, 2.05) is 0 Å². The molecule has 8 heteroatoms. The van der Waals surface area contributed by atoms with E-state index in [1.54, 1.807) is 0 Å². The van der Waals surface area contributed by atoms with Crippen molar-refractivity contribution in [2.24, 2.45) is 0 Å². The molecule has 0 aromatic carbocycles. The number of aliphatic hydroxyl groups is 1. The number of ether oxygens (including phenoxy) is 1. The van der Waals surface area contributed by atoms with Crippen molar-refractivity contribution in [3.05, 3.63) is 12.2 Å². The predicted molar refractivity (Wildman–Crippen MR) is 114 cm³/mol. The summed E-state index contributed by atoms with van der Waals surface area (Å²) in [4.78, 5) is 11.7. The molecule has 0 saturated carbocycles. The van der Waals surface area contributed by atoms with Crippen molar-refractivity contribution < 1.29 is 31.8 Å². The maximum Gasteiger partial charge on any atom is 0.397 e. The molecule has 0 bridgehead atoms. The number of rotatable bonds is 20. The molecule has 0 radical (unpaired) electrons. The van der Waals surface area contributed by atoms with Gasteiger partial charge in [-0.2, -0.15) is 8.42 Å². The van der Waals surface area contributed by atoms with Crippen molar-refractivity contribution in [2.75, 3.05) is 13.2 Å². The molecule has 0 aromatic rings. The molecule has 0 spiro atoms. The van der Waals surface area contributed by atoms with Gasteiger partial charge in [-0.3, -0.25) is 9.35 Å². The molecule has 172 valence electrons. The summed E-state index contributed by atoms with van der Waals surface area (Å²) in [7, 11) is -4.62. The molecule has 0 saturated heterocycles. The number of esters is 1. The lowest BCUT2D eigenvalue weighted by Gasteiger charge is -2.14. The molecule has 0 heterocycles. The molecule has 0 amide bonds. The van der Waals surface area contributed by atoms with E-state index in [4.69, 9.17) is 14.4 Å². The highest BCUT2D eigenvalue weighted by molar-refractivity contribution is 7.80. The molecule has 0 fully saturated rings. The van der Waals surface area contributed by atoms with Crippen LogP contribution in [0.15, 0.2) is 12.2 Å². The first kappa shape index (κ1) is 28.0. The maximum absolute atomic E-state index is 11.7. The Morgan fingerprint density at radius 1 is 0.897 bits per heavy atom. The molecule has 0 rings (SSSR count). The number of carbonyl (C=O) groups is 1. The summed E-state index contributed by atoms with van der Waals surface area (Å²) in [6, 6.07) is 0. The fourth-order valence-corrected chi connectivity index (χ4v) is 3.19. The van der Waals surface area contributed by atoms with Gasteiger partial charge in [0.1, 0.15) is 12.7 Å². The smallest absolute Gasteiger partial charge is 0.397 e. The van der Waals surface area contributed by atoms with E-state index < -0.39 is 35.7 Å². The lowest BCUT2D eigenvalue weighted by molar-refractivity contribution is -0.153. The van der Waals surface area contributed by atoms with Gasteiger partial charge < -0.3 is 9.84 Å². The Labute approximate surface area is 176 Å². The molecular weight excluding hydrogens is 396 g/mol. The van der Waals surface area contributed by atoms with Crippen molar-refractivity contribution in [1.29, 1.82) is 0 Å². The van der Waals surface area contributed by atoms with Crippen LogP contribution in [0.3, 0.4) is 0 Å². The summed E-state index contributed by atoms with van der Waals surface area (Å²) in [6.07, 6.45) is 18.9. The largest absolute Gasteiger partial charge is 0.457 e. The second kappa shape index (κ2) is 19.0. The number of hydrogen-bond donors (Lipinski definition) is 2. The molecule has 1 unspecified atom stereocenters. The number of carbonyl (C=O) groups excluding carboxylic acids is 1. The fourth-order valence-electron chi connectivity index (χ4n) is 2.87. The van der Waals surface area contributed by atoms with E-state index >= 15 is 0 Å². The minimum Gasteiger partial charge on any atom is -0.457 e. The zero-order valence-corrected chi connectivity index (χ0v) is 18.7. The van der Waals surface area contributed by atoms with Crippen molar-refractivity contribution in [2.45, 2.75) is 103 Å². The summed E-state index contributed by atoms with van der Waals surface area (Å²) in [5.74, 6) is -0.513. The van der Waals surface area contributed by atoms with E-state index in [0.717, 1.165) is 32.1 Å². The van der Waals surface area contributed by atoms with Gasteiger partial charge in [-0.25, -0.2) is 4.18 Å². The van der Waals surface area contributed by atoms with Crippen LogP contribution in [0.1, 0.15) is 96.8 Å². The summed E-state index contributed by atoms with van der Waals surface area (Å²) >= 11 is 0. The van der Waals surface area contributed by atoms with Gasteiger partial charge in [0, 0.05) is 6.42 Å². The van der Waals surface area contributed by atoms with E-state index in [0.29, 0.717) is 6.42 Å². The van der Waals surface area contributed by atoms with Gasteiger partial charge in [0.25, 0.3) is 0 Å². The number of unbranched alkanes of at least 4 members (excludes halogenated alkanes) is 11. The Morgan fingerprint density at radius 2 is 1.41 bits per heavy atom. The van der Waals surface area contributed by atoms with Crippen molar-refractivity contribution in [1.82, 2.24) is 0 Å². The molecule has 0 aliphatic carbocycles. The van der Waals surface area contributed by atoms with Gasteiger partial charge in [0.05, 0.1) is 6.61 Å². The normalized spacial score (nSPS) is 13.1. The molecule has 0 aromatic heterocycles. The van der Waals surface area contributed by atoms with Crippen LogP contribution in [0.2, 0.25) is 0 Å². The highest BCUT2D eigenvalue weighted by Crippen LogP contribution is 2.10. The molecular formula is C21H40O7S. The maximum atomic E-state index is 11.7. The van der Waals surface area contributed by atoms with Crippen molar-refractivity contribution in [3.63, 3.8) is 0 Å². The molecule has 1 atom stereocenters. The monoisotopic (exact) mass is 436 g/mol. The predicted octanol–water partition coefficient (Wildman–Crippen LogP) is 4.75. The number of allylic oxidation sites excluding steroid dienone is 2. The summed E-state index contributed by atoms with van der Waals surface area (Å²) in [6.45, 7) is 1.06.